The molecule has 1 aromatic rings. The van der Waals surface area contributed by atoms with Gasteiger partial charge in [-0.05, 0) is 39.2 Å². The number of aromatic nitrogens is 1. The number of carbonyl (C=O) groups excluding carboxylic acids is 1. The van der Waals surface area contributed by atoms with Gasteiger partial charge in [-0.25, -0.2) is 4.98 Å². The van der Waals surface area contributed by atoms with Crippen LogP contribution < -0.4 is 0 Å². The summed E-state index contributed by atoms with van der Waals surface area (Å²) in [5.41, 5.74) is 0.363. The van der Waals surface area contributed by atoms with Gasteiger partial charge in [0, 0.05) is 20.2 Å². The van der Waals surface area contributed by atoms with Crippen molar-refractivity contribution in [2.75, 3.05) is 47.4 Å². The molecule has 21 heavy (non-hydrogen) atoms. The van der Waals surface area contributed by atoms with Crippen LogP contribution in [0.3, 0.4) is 0 Å². The highest BCUT2D eigenvalue weighted by Gasteiger charge is 2.19. The average Bonchev–Trinajstić information content (AvgIpc) is 2.41. The van der Waals surface area contributed by atoms with Gasteiger partial charge in [0.25, 0.3) is 5.91 Å². The minimum atomic E-state index is -0.153. The van der Waals surface area contributed by atoms with Crippen molar-refractivity contribution in [3.8, 4) is 0 Å². The Labute approximate surface area is 135 Å². The van der Waals surface area contributed by atoms with Crippen molar-refractivity contribution in [2.45, 2.75) is 6.42 Å². The topological polar surface area (TPSA) is 45.7 Å². The monoisotopic (exact) mass is 333 g/mol. The number of nitrogens with zero attached hydrogens (tertiary/aromatic N) is 3. The van der Waals surface area contributed by atoms with Crippen LogP contribution >= 0.6 is 23.2 Å². The molecule has 7 heteroatoms. The van der Waals surface area contributed by atoms with Crippen molar-refractivity contribution < 1.29 is 9.53 Å². The van der Waals surface area contributed by atoms with Crippen molar-refractivity contribution in [1.29, 1.82) is 0 Å². The van der Waals surface area contributed by atoms with Crippen LogP contribution in [0.25, 0.3) is 0 Å². The van der Waals surface area contributed by atoms with Crippen LogP contribution in [0.15, 0.2) is 12.1 Å². The number of rotatable bonds is 8. The van der Waals surface area contributed by atoms with Crippen molar-refractivity contribution >= 4 is 29.1 Å². The fourth-order valence-corrected chi connectivity index (χ4v) is 2.26. The van der Waals surface area contributed by atoms with E-state index in [1.54, 1.807) is 24.1 Å². The molecule has 118 valence electrons. The zero-order valence-corrected chi connectivity index (χ0v) is 14.1. The van der Waals surface area contributed by atoms with Crippen LogP contribution in [0.4, 0.5) is 0 Å². The van der Waals surface area contributed by atoms with Gasteiger partial charge in [0.1, 0.15) is 10.3 Å². The van der Waals surface area contributed by atoms with E-state index in [9.17, 15) is 4.79 Å². The molecule has 0 fully saturated rings. The van der Waals surface area contributed by atoms with Gasteiger partial charge in [-0.2, -0.15) is 0 Å². The summed E-state index contributed by atoms with van der Waals surface area (Å²) in [6.07, 6.45) is 0.876. The summed E-state index contributed by atoms with van der Waals surface area (Å²) in [6, 6.07) is 3.17. The molecule has 0 unspecified atom stereocenters. The maximum absolute atomic E-state index is 12.5. The van der Waals surface area contributed by atoms with E-state index in [2.05, 4.69) is 9.88 Å². The van der Waals surface area contributed by atoms with Gasteiger partial charge in [0.2, 0.25) is 0 Å². The molecule has 0 bridgehead atoms. The second-order valence-corrected chi connectivity index (χ2v) is 5.66. The molecule has 1 amide bonds. The van der Waals surface area contributed by atoms with Crippen molar-refractivity contribution in [2.24, 2.45) is 0 Å². The maximum Gasteiger partial charge on any atom is 0.257 e. The highest BCUT2D eigenvalue weighted by Crippen LogP contribution is 2.18. The third-order valence-corrected chi connectivity index (χ3v) is 3.43. The van der Waals surface area contributed by atoms with Gasteiger partial charge >= 0.3 is 0 Å². The Kier molecular flexibility index (Phi) is 7.96. The number of carbonyl (C=O) groups is 1. The van der Waals surface area contributed by atoms with E-state index in [0.717, 1.165) is 13.0 Å². The third-order valence-electron chi connectivity index (χ3n) is 2.93. The normalized spacial score (nSPS) is 11.0. The lowest BCUT2D eigenvalue weighted by Crippen LogP contribution is -2.36. The average molecular weight is 334 g/mol. The Morgan fingerprint density at radius 1 is 1.24 bits per heavy atom. The summed E-state index contributed by atoms with van der Waals surface area (Å²) in [7, 11) is 5.61. The molecule has 1 heterocycles. The fourth-order valence-electron chi connectivity index (χ4n) is 1.84. The van der Waals surface area contributed by atoms with Crippen molar-refractivity contribution in [3.05, 3.63) is 28.0 Å². The summed E-state index contributed by atoms with van der Waals surface area (Å²) in [4.78, 5) is 20.3. The molecule has 0 atom stereocenters. The number of amides is 1. The molecular weight excluding hydrogens is 313 g/mol. The van der Waals surface area contributed by atoms with E-state index in [-0.39, 0.29) is 16.2 Å². The molecule has 0 aliphatic rings. The number of hydrogen-bond donors (Lipinski definition) is 0. The molecule has 1 rings (SSSR count). The van der Waals surface area contributed by atoms with Crippen LogP contribution in [0.2, 0.25) is 10.3 Å². The van der Waals surface area contributed by atoms with Crippen molar-refractivity contribution in [1.82, 2.24) is 14.8 Å². The molecule has 0 N–H and O–H groups in total. The molecule has 0 spiro atoms. The second-order valence-electron chi connectivity index (χ2n) is 4.91. The van der Waals surface area contributed by atoms with Gasteiger partial charge < -0.3 is 14.5 Å². The second kappa shape index (κ2) is 9.20. The summed E-state index contributed by atoms with van der Waals surface area (Å²) >= 11 is 11.8. The first-order valence-electron chi connectivity index (χ1n) is 6.70. The zero-order chi connectivity index (χ0) is 15.8. The first kappa shape index (κ1) is 18.2. The highest BCUT2D eigenvalue weighted by atomic mass is 35.5. The van der Waals surface area contributed by atoms with E-state index in [0.29, 0.717) is 25.3 Å². The fraction of sp³-hybridized carbons (Fsp3) is 0.571. The number of ether oxygens (including phenoxy) is 1. The number of hydrogen-bond acceptors (Lipinski definition) is 4. The molecule has 0 radical (unpaired) electrons. The molecule has 5 nitrogen and oxygen atoms in total. The first-order valence-corrected chi connectivity index (χ1v) is 7.46. The minimum absolute atomic E-state index is 0.127. The zero-order valence-electron chi connectivity index (χ0n) is 12.6. The predicted octanol–water partition coefficient (Wildman–Crippen LogP) is 2.43. The Balaban J connectivity index is 2.77. The quantitative estimate of drug-likeness (QED) is 0.685. The Morgan fingerprint density at radius 3 is 2.52 bits per heavy atom. The minimum Gasteiger partial charge on any atom is -0.383 e. The van der Waals surface area contributed by atoms with E-state index in [4.69, 9.17) is 27.9 Å². The molecule has 1 aromatic heterocycles. The van der Waals surface area contributed by atoms with E-state index in [1.807, 2.05) is 14.1 Å². The van der Waals surface area contributed by atoms with Crippen LogP contribution in [0, 0.1) is 0 Å². The molecule has 0 aliphatic heterocycles. The largest absolute Gasteiger partial charge is 0.383 e. The van der Waals surface area contributed by atoms with Crippen molar-refractivity contribution in [3.63, 3.8) is 0 Å². The van der Waals surface area contributed by atoms with Gasteiger partial charge in [0.05, 0.1) is 12.2 Å². The SMILES string of the molecule is COCCN(CCCN(C)C)C(=O)c1ccc(Cl)nc1Cl. The molecule has 0 saturated carbocycles. The smallest absolute Gasteiger partial charge is 0.257 e. The lowest BCUT2D eigenvalue weighted by molar-refractivity contribution is 0.0689. The summed E-state index contributed by atoms with van der Waals surface area (Å²) in [5.74, 6) is -0.153. The first-order chi connectivity index (χ1) is 9.95. The summed E-state index contributed by atoms with van der Waals surface area (Å²) in [5, 5.41) is 0.398. The Bertz CT molecular complexity index is 470. The molecule has 0 saturated heterocycles. The Morgan fingerprint density at radius 2 is 1.95 bits per heavy atom. The van der Waals surface area contributed by atoms with E-state index in [1.165, 1.54) is 0 Å². The van der Waals surface area contributed by atoms with Gasteiger partial charge in [0.15, 0.2) is 0 Å². The van der Waals surface area contributed by atoms with Gasteiger partial charge in [-0.1, -0.05) is 23.2 Å². The number of methoxy groups -OCH3 is 1. The molecule has 0 aliphatic carbocycles. The van der Waals surface area contributed by atoms with Crippen LogP contribution in [-0.2, 0) is 4.74 Å². The van der Waals surface area contributed by atoms with Crippen LogP contribution in [-0.4, -0.2) is 68.1 Å². The van der Waals surface area contributed by atoms with Gasteiger partial charge in [-0.3, -0.25) is 4.79 Å². The summed E-state index contributed by atoms with van der Waals surface area (Å²) in [6.45, 7) is 2.54. The molecular formula is C14H21Cl2N3O2. The van der Waals surface area contributed by atoms with E-state index >= 15 is 0 Å². The summed E-state index contributed by atoms with van der Waals surface area (Å²) < 4.78 is 5.06. The number of halogens is 2. The number of pyridine rings is 1. The highest BCUT2D eigenvalue weighted by molar-refractivity contribution is 6.34. The maximum atomic E-state index is 12.5. The lowest BCUT2D eigenvalue weighted by Gasteiger charge is -2.23. The third kappa shape index (κ3) is 6.18. The van der Waals surface area contributed by atoms with Crippen LogP contribution in [0.5, 0.6) is 0 Å². The predicted molar refractivity (Wildman–Crippen MR) is 85.2 cm³/mol. The van der Waals surface area contributed by atoms with Gasteiger partial charge in [-0.15, -0.1) is 0 Å². The Hall–Kier alpha value is -0.880. The standard InChI is InChI=1S/C14H21Cl2N3O2/c1-18(2)7-4-8-19(9-10-21-3)14(20)11-5-6-12(15)17-13(11)16/h5-6H,4,7-10H2,1-3H3. The lowest BCUT2D eigenvalue weighted by atomic mass is 10.2. The molecule has 0 aromatic carbocycles. The van der Waals surface area contributed by atoms with E-state index < -0.39 is 0 Å². The van der Waals surface area contributed by atoms with Crippen LogP contribution in [0.1, 0.15) is 16.8 Å².